The van der Waals surface area contributed by atoms with Crippen molar-refractivity contribution in [3.8, 4) is 0 Å². The molecule has 0 atom stereocenters. The molecule has 0 radical (unpaired) electrons. The zero-order valence-electron chi connectivity index (χ0n) is 7.42. The Balaban J connectivity index is 2.59. The van der Waals surface area contributed by atoms with E-state index in [0.29, 0.717) is 5.70 Å². The molecule has 1 fully saturated rings. The van der Waals surface area contributed by atoms with Crippen molar-refractivity contribution >= 4 is 5.97 Å². The van der Waals surface area contributed by atoms with E-state index in [1.54, 1.807) is 13.0 Å². The fourth-order valence-corrected chi connectivity index (χ4v) is 1.58. The van der Waals surface area contributed by atoms with Crippen LogP contribution in [0.4, 0.5) is 0 Å². The van der Waals surface area contributed by atoms with Crippen molar-refractivity contribution in [3.63, 3.8) is 0 Å². The van der Waals surface area contributed by atoms with Gasteiger partial charge in [0.2, 0.25) is 0 Å². The molecule has 0 amide bonds. The minimum absolute atomic E-state index is 0.453. The number of nitrogens with zero attached hydrogens (tertiary/aromatic N) is 1. The van der Waals surface area contributed by atoms with Crippen molar-refractivity contribution < 1.29 is 9.90 Å². The molecule has 68 valence electrons. The second-order valence-electron chi connectivity index (χ2n) is 3.03. The van der Waals surface area contributed by atoms with Crippen LogP contribution in [0.1, 0.15) is 26.2 Å². The number of likely N-dealkylation sites (tertiary alicyclic amines) is 1. The highest BCUT2D eigenvalue weighted by Gasteiger charge is 2.17. The average Bonchev–Trinajstić information content (AvgIpc) is 2.07. The van der Waals surface area contributed by atoms with Crippen molar-refractivity contribution in [1.29, 1.82) is 0 Å². The molecule has 1 rings (SSSR count). The number of allylic oxidation sites excluding steroid dienone is 1. The lowest BCUT2D eigenvalue weighted by molar-refractivity contribution is -0.134. The Hall–Kier alpha value is -0.990. The predicted octanol–water partition coefficient (Wildman–Crippen LogP) is 1.46. The Bertz CT molecular complexity index is 193. The van der Waals surface area contributed by atoms with Crippen LogP contribution in [0.5, 0.6) is 0 Å². The van der Waals surface area contributed by atoms with Gasteiger partial charge in [0.15, 0.2) is 0 Å². The second-order valence-corrected chi connectivity index (χ2v) is 3.03. The van der Waals surface area contributed by atoms with E-state index in [9.17, 15) is 4.79 Å². The van der Waals surface area contributed by atoms with E-state index in [1.807, 2.05) is 4.90 Å². The van der Waals surface area contributed by atoms with E-state index in [4.69, 9.17) is 5.11 Å². The number of rotatable bonds is 2. The molecule has 0 spiro atoms. The lowest BCUT2D eigenvalue weighted by Crippen LogP contribution is -2.32. The van der Waals surface area contributed by atoms with Crippen LogP contribution in [-0.4, -0.2) is 29.1 Å². The zero-order chi connectivity index (χ0) is 8.97. The number of hydrogen-bond donors (Lipinski definition) is 1. The van der Waals surface area contributed by atoms with Gasteiger partial charge < -0.3 is 10.0 Å². The van der Waals surface area contributed by atoms with Gasteiger partial charge in [-0.2, -0.15) is 0 Å². The van der Waals surface area contributed by atoms with E-state index in [1.165, 1.54) is 6.42 Å². The molecule has 1 heterocycles. The van der Waals surface area contributed by atoms with Crippen LogP contribution in [0.15, 0.2) is 11.8 Å². The summed E-state index contributed by atoms with van der Waals surface area (Å²) in [5.41, 5.74) is 0.453. The predicted molar refractivity (Wildman–Crippen MR) is 46.8 cm³/mol. The van der Waals surface area contributed by atoms with Crippen molar-refractivity contribution in [2.45, 2.75) is 26.2 Å². The minimum Gasteiger partial charge on any atom is -0.477 e. The smallest absolute Gasteiger partial charge is 0.351 e. The maximum Gasteiger partial charge on any atom is 0.351 e. The van der Waals surface area contributed by atoms with Gasteiger partial charge in [0.05, 0.1) is 0 Å². The highest BCUT2D eigenvalue weighted by molar-refractivity contribution is 5.85. The summed E-state index contributed by atoms with van der Waals surface area (Å²) in [6.07, 6.45) is 5.13. The number of carboxylic acids is 1. The molecule has 3 heteroatoms. The van der Waals surface area contributed by atoms with Gasteiger partial charge in [0.25, 0.3) is 0 Å². The van der Waals surface area contributed by atoms with E-state index < -0.39 is 5.97 Å². The largest absolute Gasteiger partial charge is 0.477 e. The summed E-state index contributed by atoms with van der Waals surface area (Å²) in [6, 6.07) is 0. The van der Waals surface area contributed by atoms with Gasteiger partial charge in [-0.05, 0) is 26.2 Å². The fourth-order valence-electron chi connectivity index (χ4n) is 1.58. The number of carbonyl (C=O) groups is 1. The molecule has 12 heavy (non-hydrogen) atoms. The summed E-state index contributed by atoms with van der Waals surface area (Å²) in [7, 11) is 0. The molecule has 3 nitrogen and oxygen atoms in total. The Morgan fingerprint density at radius 3 is 2.33 bits per heavy atom. The van der Waals surface area contributed by atoms with Crippen LogP contribution < -0.4 is 0 Å². The van der Waals surface area contributed by atoms with Crippen LogP contribution >= 0.6 is 0 Å². The van der Waals surface area contributed by atoms with Crippen molar-refractivity contribution in [3.05, 3.63) is 11.8 Å². The maximum absolute atomic E-state index is 10.7. The first-order valence-corrected chi connectivity index (χ1v) is 4.40. The van der Waals surface area contributed by atoms with Crippen LogP contribution in [-0.2, 0) is 4.79 Å². The van der Waals surface area contributed by atoms with Crippen molar-refractivity contribution in [2.75, 3.05) is 13.1 Å². The average molecular weight is 169 g/mol. The lowest BCUT2D eigenvalue weighted by Gasteiger charge is -2.28. The van der Waals surface area contributed by atoms with Gasteiger partial charge in [-0.1, -0.05) is 6.08 Å². The Morgan fingerprint density at radius 1 is 1.33 bits per heavy atom. The van der Waals surface area contributed by atoms with Gasteiger partial charge in [-0.15, -0.1) is 0 Å². The van der Waals surface area contributed by atoms with Gasteiger partial charge in [0.1, 0.15) is 5.70 Å². The Labute approximate surface area is 72.7 Å². The Morgan fingerprint density at radius 2 is 1.92 bits per heavy atom. The number of aliphatic carboxylic acids is 1. The molecule has 0 bridgehead atoms. The van der Waals surface area contributed by atoms with E-state index in [2.05, 4.69) is 0 Å². The molecule has 0 aromatic heterocycles. The number of hydrogen-bond acceptors (Lipinski definition) is 2. The highest BCUT2D eigenvalue weighted by Crippen LogP contribution is 2.14. The molecule has 1 aliphatic rings. The summed E-state index contributed by atoms with van der Waals surface area (Å²) in [6.45, 7) is 3.57. The molecular weight excluding hydrogens is 154 g/mol. The molecule has 0 aromatic carbocycles. The number of piperidine rings is 1. The molecule has 0 unspecified atom stereocenters. The van der Waals surface area contributed by atoms with E-state index in [0.717, 1.165) is 25.9 Å². The first-order chi connectivity index (χ1) is 5.75. The molecule has 0 aliphatic carbocycles. The molecule has 0 aromatic rings. The Kier molecular flexibility index (Phi) is 3.14. The van der Waals surface area contributed by atoms with Gasteiger partial charge >= 0.3 is 5.97 Å². The quantitative estimate of drug-likeness (QED) is 0.636. The highest BCUT2D eigenvalue weighted by atomic mass is 16.4. The van der Waals surface area contributed by atoms with Crippen LogP contribution in [0, 0.1) is 0 Å². The molecule has 1 saturated heterocycles. The third-order valence-corrected chi connectivity index (χ3v) is 2.19. The van der Waals surface area contributed by atoms with E-state index in [-0.39, 0.29) is 0 Å². The lowest BCUT2D eigenvalue weighted by atomic mass is 10.1. The topological polar surface area (TPSA) is 40.5 Å². The van der Waals surface area contributed by atoms with Gasteiger partial charge in [-0.25, -0.2) is 4.79 Å². The summed E-state index contributed by atoms with van der Waals surface area (Å²) in [5.74, 6) is -0.806. The maximum atomic E-state index is 10.7. The normalized spacial score (nSPS) is 19.4. The first-order valence-electron chi connectivity index (χ1n) is 4.40. The summed E-state index contributed by atoms with van der Waals surface area (Å²) >= 11 is 0. The molecule has 1 N–H and O–H groups in total. The molecular formula is C9H15NO2. The third kappa shape index (κ3) is 2.00. The van der Waals surface area contributed by atoms with Crippen LogP contribution in [0.25, 0.3) is 0 Å². The number of carboxylic acid groups (broad SMARTS) is 1. The summed E-state index contributed by atoms with van der Waals surface area (Å²) in [5, 5.41) is 8.82. The second kappa shape index (κ2) is 4.14. The molecule has 0 saturated carbocycles. The standard InChI is InChI=1S/C9H15NO2/c1-2-8(9(11)12)10-6-4-3-5-7-10/h2H,3-7H2,1H3,(H,11,12)/b8-2-. The van der Waals surface area contributed by atoms with E-state index >= 15 is 0 Å². The van der Waals surface area contributed by atoms with Crippen LogP contribution in [0.3, 0.4) is 0 Å². The van der Waals surface area contributed by atoms with Gasteiger partial charge in [-0.3, -0.25) is 0 Å². The third-order valence-electron chi connectivity index (χ3n) is 2.19. The minimum atomic E-state index is -0.806. The zero-order valence-corrected chi connectivity index (χ0v) is 7.42. The summed E-state index contributed by atoms with van der Waals surface area (Å²) in [4.78, 5) is 12.7. The van der Waals surface area contributed by atoms with Crippen molar-refractivity contribution in [1.82, 2.24) is 4.90 Å². The molecule has 1 aliphatic heterocycles. The van der Waals surface area contributed by atoms with Crippen molar-refractivity contribution in [2.24, 2.45) is 0 Å². The van der Waals surface area contributed by atoms with Crippen LogP contribution in [0.2, 0.25) is 0 Å². The summed E-state index contributed by atoms with van der Waals surface area (Å²) < 4.78 is 0. The van der Waals surface area contributed by atoms with Gasteiger partial charge in [0, 0.05) is 13.1 Å². The SMILES string of the molecule is C/C=C(/C(=O)O)N1CCCCC1. The monoisotopic (exact) mass is 169 g/mol. The fraction of sp³-hybridized carbons (Fsp3) is 0.667. The first kappa shape index (κ1) is 9.10.